The monoisotopic (exact) mass is 321 g/mol. The van der Waals surface area contributed by atoms with Crippen molar-refractivity contribution in [2.45, 2.75) is 12.8 Å². The zero-order valence-electron chi connectivity index (χ0n) is 11.6. The Kier molecular flexibility index (Phi) is 3.74. The second-order valence-corrected chi connectivity index (χ2v) is 5.35. The Hall–Kier alpha value is -1.78. The highest BCUT2D eigenvalue weighted by molar-refractivity contribution is 6.31. The molecular formula is C15H13Cl2N3O. The molecule has 0 radical (unpaired) electrons. The number of benzene rings is 1. The number of ether oxygens (including phenoxy) is 1. The van der Waals surface area contributed by atoms with E-state index < -0.39 is 0 Å². The highest BCUT2D eigenvalue weighted by Gasteiger charge is 2.15. The maximum Gasteiger partial charge on any atom is 0.164 e. The number of halogens is 2. The van der Waals surface area contributed by atoms with Gasteiger partial charge in [0.25, 0.3) is 0 Å². The third-order valence-electron chi connectivity index (χ3n) is 3.30. The van der Waals surface area contributed by atoms with Crippen molar-refractivity contribution in [3.05, 3.63) is 46.9 Å². The number of methoxy groups -OCH3 is 1. The van der Waals surface area contributed by atoms with E-state index in [0.29, 0.717) is 10.9 Å². The summed E-state index contributed by atoms with van der Waals surface area (Å²) in [5.41, 5.74) is 3.50. The summed E-state index contributed by atoms with van der Waals surface area (Å²) in [6.45, 7) is 2.01. The molecule has 4 nitrogen and oxygen atoms in total. The van der Waals surface area contributed by atoms with Gasteiger partial charge in [-0.2, -0.15) is 0 Å². The second kappa shape index (κ2) is 5.54. The first kappa shape index (κ1) is 14.2. The molecule has 3 aromatic rings. The number of hydrogen-bond acceptors (Lipinski definition) is 3. The molecule has 0 aliphatic carbocycles. The number of aromatic nitrogens is 3. The van der Waals surface area contributed by atoms with Gasteiger partial charge in [-0.25, -0.2) is 9.97 Å². The lowest BCUT2D eigenvalue weighted by molar-refractivity contribution is 0.414. The molecule has 21 heavy (non-hydrogen) atoms. The average molecular weight is 322 g/mol. The van der Waals surface area contributed by atoms with Crippen LogP contribution in [0.2, 0.25) is 5.02 Å². The molecular weight excluding hydrogens is 309 g/mol. The van der Waals surface area contributed by atoms with Gasteiger partial charge in [-0.05, 0) is 36.8 Å². The Morgan fingerprint density at radius 2 is 2.10 bits per heavy atom. The zero-order valence-corrected chi connectivity index (χ0v) is 13.1. The quantitative estimate of drug-likeness (QED) is 0.681. The third kappa shape index (κ3) is 2.45. The first-order valence-electron chi connectivity index (χ1n) is 6.38. The van der Waals surface area contributed by atoms with Gasteiger partial charge in [-0.3, -0.25) is 4.57 Å². The van der Waals surface area contributed by atoms with Gasteiger partial charge in [0.05, 0.1) is 23.7 Å². The maximum atomic E-state index is 6.04. The maximum absolute atomic E-state index is 6.04. The molecule has 2 heterocycles. The largest absolute Gasteiger partial charge is 0.497 e. The Morgan fingerprint density at radius 1 is 1.29 bits per heavy atom. The lowest BCUT2D eigenvalue weighted by Gasteiger charge is -2.11. The van der Waals surface area contributed by atoms with Crippen molar-refractivity contribution in [2.24, 2.45) is 0 Å². The molecule has 108 valence electrons. The lowest BCUT2D eigenvalue weighted by Crippen LogP contribution is -2.02. The van der Waals surface area contributed by atoms with Gasteiger partial charge in [0, 0.05) is 6.20 Å². The molecule has 0 saturated carbocycles. The molecule has 0 saturated heterocycles. The molecule has 0 atom stereocenters. The lowest BCUT2D eigenvalue weighted by atomic mass is 10.2. The molecule has 0 spiro atoms. The van der Waals surface area contributed by atoms with Gasteiger partial charge in [0.2, 0.25) is 0 Å². The van der Waals surface area contributed by atoms with Crippen LogP contribution >= 0.6 is 23.2 Å². The molecule has 0 fully saturated rings. The first-order chi connectivity index (χ1) is 10.1. The van der Waals surface area contributed by atoms with Crippen LogP contribution in [0.5, 0.6) is 5.75 Å². The normalized spacial score (nSPS) is 11.0. The fourth-order valence-corrected chi connectivity index (χ4v) is 2.67. The van der Waals surface area contributed by atoms with Gasteiger partial charge < -0.3 is 4.74 Å². The van der Waals surface area contributed by atoms with Crippen molar-refractivity contribution >= 4 is 34.4 Å². The molecule has 0 N–H and O–H groups in total. The molecule has 0 aliphatic rings. The van der Waals surface area contributed by atoms with Crippen LogP contribution in [0.3, 0.4) is 0 Å². The molecule has 2 aromatic heterocycles. The van der Waals surface area contributed by atoms with E-state index in [1.165, 1.54) is 0 Å². The van der Waals surface area contributed by atoms with Crippen molar-refractivity contribution in [3.8, 4) is 11.4 Å². The Bertz CT molecular complexity index is 814. The minimum absolute atomic E-state index is 0.291. The Morgan fingerprint density at radius 3 is 2.76 bits per heavy atom. The van der Waals surface area contributed by atoms with E-state index in [0.717, 1.165) is 34.0 Å². The number of fused-ring (bicyclic) bond motifs is 1. The third-order valence-corrected chi connectivity index (χ3v) is 3.74. The van der Waals surface area contributed by atoms with Gasteiger partial charge >= 0.3 is 0 Å². The Labute approximate surface area is 132 Å². The SMILES string of the molecule is COc1ccc(-n2c(CCl)nc3cc(Cl)cnc32)c(C)c1. The van der Waals surface area contributed by atoms with Crippen molar-refractivity contribution in [1.29, 1.82) is 0 Å². The molecule has 0 bridgehead atoms. The number of nitrogens with zero attached hydrogens (tertiary/aromatic N) is 3. The van der Waals surface area contributed by atoms with E-state index in [-0.39, 0.29) is 0 Å². The van der Waals surface area contributed by atoms with Crippen LogP contribution < -0.4 is 4.74 Å². The fraction of sp³-hybridized carbons (Fsp3) is 0.200. The molecule has 6 heteroatoms. The molecule has 0 unspecified atom stereocenters. The number of aryl methyl sites for hydroxylation is 1. The van der Waals surface area contributed by atoms with E-state index in [1.807, 2.05) is 29.7 Å². The first-order valence-corrected chi connectivity index (χ1v) is 7.29. The summed E-state index contributed by atoms with van der Waals surface area (Å²) in [6, 6.07) is 7.63. The predicted octanol–water partition coefficient (Wildman–Crippen LogP) is 4.13. The summed E-state index contributed by atoms with van der Waals surface area (Å²) >= 11 is 12.0. The number of alkyl halides is 1. The van der Waals surface area contributed by atoms with E-state index in [1.54, 1.807) is 19.4 Å². The van der Waals surface area contributed by atoms with E-state index in [4.69, 9.17) is 27.9 Å². The highest BCUT2D eigenvalue weighted by atomic mass is 35.5. The topological polar surface area (TPSA) is 39.9 Å². The molecule has 1 aromatic carbocycles. The number of pyridine rings is 1. The number of hydrogen-bond donors (Lipinski definition) is 0. The van der Waals surface area contributed by atoms with E-state index in [2.05, 4.69) is 9.97 Å². The standard InChI is InChI=1S/C15H13Cl2N3O/c1-9-5-11(21-2)3-4-13(9)20-14(7-16)19-12-6-10(17)8-18-15(12)20/h3-6,8H,7H2,1-2H3. The molecule has 3 rings (SSSR count). The van der Waals surface area contributed by atoms with Gasteiger partial charge in [0.15, 0.2) is 5.65 Å². The van der Waals surface area contributed by atoms with Crippen LogP contribution in [0, 0.1) is 6.92 Å². The number of imidazole rings is 1. The molecule has 0 aliphatic heterocycles. The zero-order chi connectivity index (χ0) is 15.0. The summed E-state index contributed by atoms with van der Waals surface area (Å²) in [7, 11) is 1.65. The van der Waals surface area contributed by atoms with Crippen LogP contribution in [-0.4, -0.2) is 21.6 Å². The van der Waals surface area contributed by atoms with Gasteiger partial charge in [-0.1, -0.05) is 11.6 Å². The van der Waals surface area contributed by atoms with Crippen LogP contribution in [0.1, 0.15) is 11.4 Å². The van der Waals surface area contributed by atoms with Crippen LogP contribution in [0.25, 0.3) is 16.9 Å². The van der Waals surface area contributed by atoms with Crippen molar-refractivity contribution in [2.75, 3.05) is 7.11 Å². The van der Waals surface area contributed by atoms with Crippen molar-refractivity contribution in [1.82, 2.24) is 14.5 Å². The van der Waals surface area contributed by atoms with Crippen molar-refractivity contribution < 1.29 is 4.74 Å². The van der Waals surface area contributed by atoms with Gasteiger partial charge in [-0.15, -0.1) is 11.6 Å². The minimum atomic E-state index is 0.291. The number of rotatable bonds is 3. The average Bonchev–Trinajstić information content (AvgIpc) is 2.84. The summed E-state index contributed by atoms with van der Waals surface area (Å²) in [4.78, 5) is 8.89. The highest BCUT2D eigenvalue weighted by Crippen LogP contribution is 2.27. The van der Waals surface area contributed by atoms with E-state index in [9.17, 15) is 0 Å². The van der Waals surface area contributed by atoms with Crippen LogP contribution in [0.15, 0.2) is 30.5 Å². The summed E-state index contributed by atoms with van der Waals surface area (Å²) in [5.74, 6) is 1.83. The fourth-order valence-electron chi connectivity index (χ4n) is 2.34. The predicted molar refractivity (Wildman–Crippen MR) is 84.7 cm³/mol. The Balaban J connectivity index is 2.28. The van der Waals surface area contributed by atoms with Crippen LogP contribution in [-0.2, 0) is 5.88 Å². The second-order valence-electron chi connectivity index (χ2n) is 4.65. The molecule has 0 amide bonds. The minimum Gasteiger partial charge on any atom is -0.497 e. The summed E-state index contributed by atoms with van der Waals surface area (Å²) < 4.78 is 7.19. The summed E-state index contributed by atoms with van der Waals surface area (Å²) in [6.07, 6.45) is 1.61. The van der Waals surface area contributed by atoms with Crippen LogP contribution in [0.4, 0.5) is 0 Å². The van der Waals surface area contributed by atoms with Crippen molar-refractivity contribution in [3.63, 3.8) is 0 Å². The van der Waals surface area contributed by atoms with E-state index >= 15 is 0 Å². The smallest absolute Gasteiger partial charge is 0.164 e. The van der Waals surface area contributed by atoms with Gasteiger partial charge in [0.1, 0.15) is 17.1 Å². The summed E-state index contributed by atoms with van der Waals surface area (Å²) in [5, 5.41) is 0.555.